The topological polar surface area (TPSA) is 42.6 Å². The van der Waals surface area contributed by atoms with Gasteiger partial charge in [0.1, 0.15) is 5.76 Å². The van der Waals surface area contributed by atoms with Gasteiger partial charge in [-0.2, -0.15) is 0 Å². The van der Waals surface area contributed by atoms with E-state index in [1.54, 1.807) is 6.26 Å². The van der Waals surface area contributed by atoms with E-state index in [1.165, 1.54) is 0 Å². The molecular weight excluding hydrogens is 156 g/mol. The van der Waals surface area contributed by atoms with Crippen molar-refractivity contribution in [2.45, 2.75) is 18.9 Å². The van der Waals surface area contributed by atoms with E-state index in [2.05, 4.69) is 0 Å². The zero-order chi connectivity index (χ0) is 8.55. The summed E-state index contributed by atoms with van der Waals surface area (Å²) in [5, 5.41) is 9.48. The van der Waals surface area contributed by atoms with E-state index in [0.717, 1.165) is 11.3 Å². The van der Waals surface area contributed by atoms with Gasteiger partial charge in [-0.3, -0.25) is 0 Å². The van der Waals surface area contributed by atoms with Crippen LogP contribution in [0.1, 0.15) is 17.2 Å². The minimum Gasteiger partial charge on any atom is -0.469 e. The molecule has 2 heterocycles. The number of hydrogen-bond acceptors (Lipinski definition) is 3. The highest BCUT2D eigenvalue weighted by molar-refractivity contribution is 5.19. The molecule has 0 radical (unpaired) electrons. The van der Waals surface area contributed by atoms with Gasteiger partial charge in [-0.15, -0.1) is 0 Å². The first-order valence-electron chi connectivity index (χ1n) is 4.08. The summed E-state index contributed by atoms with van der Waals surface area (Å²) in [6, 6.07) is 1.95. The average molecular weight is 168 g/mol. The summed E-state index contributed by atoms with van der Waals surface area (Å²) < 4.78 is 10.3. The lowest BCUT2D eigenvalue weighted by Crippen LogP contribution is -2.14. The Labute approximate surface area is 71.0 Å². The Hall–Kier alpha value is -0.800. The smallest absolute Gasteiger partial charge is 0.100 e. The zero-order valence-electron chi connectivity index (χ0n) is 6.99. The van der Waals surface area contributed by atoms with Crippen molar-refractivity contribution in [3.8, 4) is 0 Å². The maximum Gasteiger partial charge on any atom is 0.100 e. The van der Waals surface area contributed by atoms with Crippen LogP contribution in [0, 0.1) is 6.92 Å². The second kappa shape index (κ2) is 2.92. The van der Waals surface area contributed by atoms with Crippen molar-refractivity contribution in [3.63, 3.8) is 0 Å². The molecule has 1 aromatic heterocycles. The van der Waals surface area contributed by atoms with Crippen LogP contribution in [0.25, 0.3) is 0 Å². The van der Waals surface area contributed by atoms with Crippen molar-refractivity contribution in [3.05, 3.63) is 23.7 Å². The number of aliphatic hydroxyl groups excluding tert-OH is 1. The second-order valence-electron chi connectivity index (χ2n) is 3.20. The molecule has 0 saturated carbocycles. The van der Waals surface area contributed by atoms with Crippen LogP contribution in [-0.2, 0) is 4.74 Å². The normalized spacial score (nSPS) is 29.5. The van der Waals surface area contributed by atoms with Crippen LogP contribution in [-0.4, -0.2) is 24.4 Å². The monoisotopic (exact) mass is 168 g/mol. The van der Waals surface area contributed by atoms with Crippen LogP contribution in [0.5, 0.6) is 0 Å². The Kier molecular flexibility index (Phi) is 1.90. The highest BCUT2D eigenvalue weighted by Crippen LogP contribution is 2.26. The van der Waals surface area contributed by atoms with E-state index in [4.69, 9.17) is 9.15 Å². The third-order valence-corrected chi connectivity index (χ3v) is 2.23. The number of aliphatic hydroxyl groups is 1. The van der Waals surface area contributed by atoms with Gasteiger partial charge in [-0.05, 0) is 18.6 Å². The second-order valence-corrected chi connectivity index (χ2v) is 3.20. The number of aryl methyl sites for hydroxylation is 1. The van der Waals surface area contributed by atoms with Gasteiger partial charge in [0.2, 0.25) is 0 Å². The molecule has 1 aliphatic heterocycles. The fraction of sp³-hybridized carbons (Fsp3) is 0.556. The molecule has 0 aromatic carbocycles. The Balaban J connectivity index is 2.19. The van der Waals surface area contributed by atoms with E-state index >= 15 is 0 Å². The minimum absolute atomic E-state index is 0.0995. The Morgan fingerprint density at radius 2 is 2.33 bits per heavy atom. The molecule has 66 valence electrons. The van der Waals surface area contributed by atoms with Gasteiger partial charge in [0.05, 0.1) is 25.6 Å². The van der Waals surface area contributed by atoms with Crippen LogP contribution in [0.4, 0.5) is 0 Å². The maximum atomic E-state index is 9.48. The molecule has 3 heteroatoms. The van der Waals surface area contributed by atoms with Crippen molar-refractivity contribution in [2.75, 3.05) is 13.2 Å². The Bertz CT molecular complexity index is 266. The first-order chi connectivity index (χ1) is 5.77. The van der Waals surface area contributed by atoms with Crippen molar-refractivity contribution >= 4 is 0 Å². The summed E-state index contributed by atoms with van der Waals surface area (Å²) in [6.07, 6.45) is 1.32. The zero-order valence-corrected chi connectivity index (χ0v) is 6.99. The summed E-state index contributed by atoms with van der Waals surface area (Å²) in [4.78, 5) is 0. The molecule has 0 amide bonds. The molecule has 1 saturated heterocycles. The molecule has 12 heavy (non-hydrogen) atoms. The predicted octanol–water partition coefficient (Wildman–Crippen LogP) is 1.06. The van der Waals surface area contributed by atoms with Crippen molar-refractivity contribution in [2.24, 2.45) is 0 Å². The molecule has 0 aliphatic carbocycles. The van der Waals surface area contributed by atoms with Crippen LogP contribution in [0.2, 0.25) is 0 Å². The predicted molar refractivity (Wildman–Crippen MR) is 43.0 cm³/mol. The Morgan fingerprint density at radius 1 is 1.50 bits per heavy atom. The molecule has 2 rings (SSSR count). The van der Waals surface area contributed by atoms with Crippen LogP contribution < -0.4 is 0 Å². The fourth-order valence-electron chi connectivity index (χ4n) is 1.52. The molecule has 2 atom stereocenters. The molecule has 2 unspecified atom stereocenters. The van der Waals surface area contributed by atoms with Gasteiger partial charge in [0.15, 0.2) is 0 Å². The van der Waals surface area contributed by atoms with Crippen LogP contribution in [0.3, 0.4) is 0 Å². The molecule has 3 nitrogen and oxygen atoms in total. The molecule has 0 bridgehead atoms. The van der Waals surface area contributed by atoms with Gasteiger partial charge in [-0.25, -0.2) is 0 Å². The molecule has 0 spiro atoms. The molecule has 1 fully saturated rings. The summed E-state index contributed by atoms with van der Waals surface area (Å²) in [5.41, 5.74) is 1.04. The van der Waals surface area contributed by atoms with Crippen LogP contribution in [0.15, 0.2) is 16.7 Å². The number of hydrogen-bond donors (Lipinski definition) is 1. The number of furan rings is 1. The van der Waals surface area contributed by atoms with Gasteiger partial charge < -0.3 is 14.3 Å². The molecule has 1 aliphatic rings. The number of rotatable bonds is 1. The summed E-state index contributed by atoms with van der Waals surface area (Å²) in [5.74, 6) is 0.978. The lowest BCUT2D eigenvalue weighted by atomic mass is 9.99. The van der Waals surface area contributed by atoms with E-state index < -0.39 is 0 Å². The first-order valence-corrected chi connectivity index (χ1v) is 4.08. The number of ether oxygens (including phenoxy) is 1. The largest absolute Gasteiger partial charge is 0.469 e. The summed E-state index contributed by atoms with van der Waals surface area (Å²) >= 11 is 0. The fourth-order valence-corrected chi connectivity index (χ4v) is 1.52. The van der Waals surface area contributed by atoms with Gasteiger partial charge in [-0.1, -0.05) is 0 Å². The third kappa shape index (κ3) is 1.26. The van der Waals surface area contributed by atoms with Crippen molar-refractivity contribution in [1.29, 1.82) is 0 Å². The lowest BCUT2D eigenvalue weighted by molar-refractivity contribution is 0.124. The highest BCUT2D eigenvalue weighted by atomic mass is 16.5. The van der Waals surface area contributed by atoms with Gasteiger partial charge in [0, 0.05) is 5.92 Å². The first kappa shape index (κ1) is 7.83. The lowest BCUT2D eigenvalue weighted by Gasteiger charge is -2.08. The third-order valence-electron chi connectivity index (χ3n) is 2.23. The minimum atomic E-state index is -0.373. The van der Waals surface area contributed by atoms with E-state index in [0.29, 0.717) is 13.2 Å². The SMILES string of the molecule is Cc1cc(C2COCC2O)co1. The summed E-state index contributed by atoms with van der Waals surface area (Å²) in [7, 11) is 0. The van der Waals surface area contributed by atoms with E-state index in [-0.39, 0.29) is 12.0 Å². The Morgan fingerprint density at radius 3 is 2.83 bits per heavy atom. The molecular formula is C9H12O3. The van der Waals surface area contributed by atoms with E-state index in [1.807, 2.05) is 13.0 Å². The van der Waals surface area contributed by atoms with Crippen LogP contribution >= 0.6 is 0 Å². The highest BCUT2D eigenvalue weighted by Gasteiger charge is 2.28. The van der Waals surface area contributed by atoms with Gasteiger partial charge >= 0.3 is 0 Å². The molecule has 1 aromatic rings. The average Bonchev–Trinajstić information content (AvgIpc) is 2.58. The quantitative estimate of drug-likeness (QED) is 0.681. The van der Waals surface area contributed by atoms with Gasteiger partial charge in [0.25, 0.3) is 0 Å². The standard InChI is InChI=1S/C9H12O3/c1-6-2-7(3-12-6)8-4-11-5-9(8)10/h2-3,8-10H,4-5H2,1H3. The van der Waals surface area contributed by atoms with Crippen molar-refractivity contribution < 1.29 is 14.3 Å². The van der Waals surface area contributed by atoms with Crippen molar-refractivity contribution in [1.82, 2.24) is 0 Å². The van der Waals surface area contributed by atoms with E-state index in [9.17, 15) is 5.11 Å². The molecule has 1 N–H and O–H groups in total. The summed E-state index contributed by atoms with van der Waals surface area (Å²) in [6.45, 7) is 2.93. The maximum absolute atomic E-state index is 9.48.